The highest BCUT2D eigenvalue weighted by molar-refractivity contribution is 7.89. The first kappa shape index (κ1) is 14.8. The average molecular weight is 298 g/mol. The van der Waals surface area contributed by atoms with Gasteiger partial charge in [0.25, 0.3) is 0 Å². The Hall–Kier alpha value is -1.60. The van der Waals surface area contributed by atoms with Crippen LogP contribution >= 0.6 is 0 Å². The highest BCUT2D eigenvalue weighted by atomic mass is 32.2. The Labute approximate surface area is 118 Å². The molecule has 0 radical (unpaired) electrons. The smallest absolute Gasteiger partial charge is 0.306 e. The molecule has 0 bridgehead atoms. The number of sulfonamides is 1. The van der Waals surface area contributed by atoms with Crippen molar-refractivity contribution in [2.24, 2.45) is 17.0 Å². The molecule has 0 aromatic heterocycles. The summed E-state index contributed by atoms with van der Waals surface area (Å²) in [6, 6.07) is 6.37. The van der Waals surface area contributed by atoms with Crippen molar-refractivity contribution in [3.63, 3.8) is 0 Å². The van der Waals surface area contributed by atoms with E-state index in [1.165, 1.54) is 6.07 Å². The second-order valence-electron chi connectivity index (χ2n) is 5.06. The molecule has 4 N–H and O–H groups in total. The summed E-state index contributed by atoms with van der Waals surface area (Å²) in [7, 11) is -3.79. The molecule has 20 heavy (non-hydrogen) atoms. The molecule has 2 atom stereocenters. The lowest BCUT2D eigenvalue weighted by molar-refractivity contribution is -0.142. The highest BCUT2D eigenvalue weighted by Crippen LogP contribution is 2.32. The Morgan fingerprint density at radius 2 is 2.05 bits per heavy atom. The molecule has 0 amide bonds. The molecule has 0 spiro atoms. The van der Waals surface area contributed by atoms with Gasteiger partial charge < -0.3 is 10.4 Å². The molecule has 1 aromatic rings. The van der Waals surface area contributed by atoms with Crippen molar-refractivity contribution in [2.75, 3.05) is 11.9 Å². The summed E-state index contributed by atoms with van der Waals surface area (Å²) >= 11 is 0. The Kier molecular flexibility index (Phi) is 4.29. The Bertz CT molecular complexity index is 600. The van der Waals surface area contributed by atoms with Crippen LogP contribution in [0.5, 0.6) is 0 Å². The first-order valence-corrected chi connectivity index (χ1v) is 8.02. The Morgan fingerprint density at radius 3 is 2.70 bits per heavy atom. The fourth-order valence-corrected chi connectivity index (χ4v) is 3.42. The molecule has 0 saturated heterocycles. The number of benzene rings is 1. The monoisotopic (exact) mass is 298 g/mol. The molecule has 1 aliphatic carbocycles. The van der Waals surface area contributed by atoms with Crippen LogP contribution in [-0.2, 0) is 14.8 Å². The molecule has 6 nitrogen and oxygen atoms in total. The van der Waals surface area contributed by atoms with E-state index >= 15 is 0 Å². The number of carboxylic acid groups (broad SMARTS) is 1. The zero-order valence-electron chi connectivity index (χ0n) is 11.0. The predicted molar refractivity (Wildman–Crippen MR) is 74.8 cm³/mol. The number of anilines is 1. The third kappa shape index (κ3) is 3.29. The van der Waals surface area contributed by atoms with Crippen molar-refractivity contribution >= 4 is 21.7 Å². The fourth-order valence-electron chi connectivity index (χ4n) is 2.71. The van der Waals surface area contributed by atoms with Gasteiger partial charge in [-0.15, -0.1) is 0 Å². The minimum atomic E-state index is -3.79. The first-order chi connectivity index (χ1) is 9.39. The third-order valence-electron chi connectivity index (χ3n) is 3.72. The Morgan fingerprint density at radius 1 is 1.35 bits per heavy atom. The molecule has 2 unspecified atom stereocenters. The van der Waals surface area contributed by atoms with Crippen LogP contribution in [0.3, 0.4) is 0 Å². The van der Waals surface area contributed by atoms with Crippen molar-refractivity contribution in [3.8, 4) is 0 Å². The molecule has 0 heterocycles. The van der Waals surface area contributed by atoms with Gasteiger partial charge in [-0.05, 0) is 30.9 Å². The number of para-hydroxylation sites is 1. The minimum absolute atomic E-state index is 0.0148. The molecule has 0 aliphatic heterocycles. The van der Waals surface area contributed by atoms with E-state index in [0.717, 1.165) is 12.8 Å². The number of aliphatic carboxylic acids is 1. The lowest BCUT2D eigenvalue weighted by Crippen LogP contribution is -2.25. The lowest BCUT2D eigenvalue weighted by Gasteiger charge is -2.18. The summed E-state index contributed by atoms with van der Waals surface area (Å²) in [5.74, 6) is -1.13. The lowest BCUT2D eigenvalue weighted by atomic mass is 9.96. The number of hydrogen-bond donors (Lipinski definition) is 3. The van der Waals surface area contributed by atoms with E-state index in [1.54, 1.807) is 18.2 Å². The second-order valence-corrected chi connectivity index (χ2v) is 6.59. The summed E-state index contributed by atoms with van der Waals surface area (Å²) in [6.45, 7) is 0.434. The van der Waals surface area contributed by atoms with Gasteiger partial charge in [-0.3, -0.25) is 4.79 Å². The maximum Gasteiger partial charge on any atom is 0.306 e. The first-order valence-electron chi connectivity index (χ1n) is 6.48. The van der Waals surface area contributed by atoms with Crippen molar-refractivity contribution in [2.45, 2.75) is 24.2 Å². The maximum absolute atomic E-state index is 11.5. The number of carbonyl (C=O) groups is 1. The fraction of sp³-hybridized carbons (Fsp3) is 0.462. The van der Waals surface area contributed by atoms with E-state index in [0.29, 0.717) is 18.7 Å². The standard InChI is InChI=1S/C13H18N2O4S/c14-20(18,19)12-7-2-1-6-11(12)15-8-9-4-3-5-10(9)13(16)17/h1-2,6-7,9-10,15H,3-5,8H2,(H,16,17)(H2,14,18,19). The van der Waals surface area contributed by atoms with Crippen LogP contribution in [0.4, 0.5) is 5.69 Å². The summed E-state index contributed by atoms with van der Waals surface area (Å²) < 4.78 is 22.9. The maximum atomic E-state index is 11.5. The third-order valence-corrected chi connectivity index (χ3v) is 4.69. The van der Waals surface area contributed by atoms with Gasteiger partial charge in [0.05, 0.1) is 11.6 Å². The number of hydrogen-bond acceptors (Lipinski definition) is 4. The molecular weight excluding hydrogens is 280 g/mol. The van der Waals surface area contributed by atoms with Crippen molar-refractivity contribution in [1.82, 2.24) is 0 Å². The predicted octanol–water partition coefficient (Wildman–Crippen LogP) is 1.25. The average Bonchev–Trinajstić information content (AvgIpc) is 2.84. The normalized spacial score (nSPS) is 22.6. The molecule has 1 aromatic carbocycles. The molecule has 1 aliphatic rings. The number of primary sulfonamides is 1. The number of nitrogens with two attached hydrogens (primary N) is 1. The van der Waals surface area contributed by atoms with Gasteiger partial charge in [-0.25, -0.2) is 13.6 Å². The van der Waals surface area contributed by atoms with Gasteiger partial charge in [0.15, 0.2) is 0 Å². The van der Waals surface area contributed by atoms with Crippen molar-refractivity contribution in [3.05, 3.63) is 24.3 Å². The SMILES string of the molecule is NS(=O)(=O)c1ccccc1NCC1CCCC1C(=O)O. The van der Waals surface area contributed by atoms with Crippen LogP contribution < -0.4 is 10.5 Å². The van der Waals surface area contributed by atoms with Crippen LogP contribution in [0, 0.1) is 11.8 Å². The van der Waals surface area contributed by atoms with E-state index in [4.69, 9.17) is 10.2 Å². The zero-order valence-corrected chi connectivity index (χ0v) is 11.8. The molecule has 1 saturated carbocycles. The van der Waals surface area contributed by atoms with Crippen LogP contribution in [0.25, 0.3) is 0 Å². The van der Waals surface area contributed by atoms with Gasteiger partial charge in [0.1, 0.15) is 4.90 Å². The molecule has 2 rings (SSSR count). The number of nitrogens with one attached hydrogen (secondary N) is 1. The largest absolute Gasteiger partial charge is 0.481 e. The highest BCUT2D eigenvalue weighted by Gasteiger charge is 2.32. The van der Waals surface area contributed by atoms with Crippen LogP contribution in [0.1, 0.15) is 19.3 Å². The van der Waals surface area contributed by atoms with E-state index in [-0.39, 0.29) is 16.7 Å². The van der Waals surface area contributed by atoms with E-state index in [9.17, 15) is 13.2 Å². The molecule has 7 heteroatoms. The van der Waals surface area contributed by atoms with Crippen LogP contribution in [0.2, 0.25) is 0 Å². The summed E-state index contributed by atoms with van der Waals surface area (Å²) in [4.78, 5) is 11.1. The van der Waals surface area contributed by atoms with Gasteiger partial charge in [-0.1, -0.05) is 18.6 Å². The van der Waals surface area contributed by atoms with Gasteiger partial charge in [0, 0.05) is 6.54 Å². The molecule has 110 valence electrons. The van der Waals surface area contributed by atoms with Gasteiger partial charge >= 0.3 is 5.97 Å². The minimum Gasteiger partial charge on any atom is -0.481 e. The van der Waals surface area contributed by atoms with E-state index < -0.39 is 16.0 Å². The van der Waals surface area contributed by atoms with Gasteiger partial charge in [-0.2, -0.15) is 0 Å². The van der Waals surface area contributed by atoms with E-state index in [1.807, 2.05) is 0 Å². The van der Waals surface area contributed by atoms with Crippen LogP contribution in [-0.4, -0.2) is 26.0 Å². The zero-order chi connectivity index (χ0) is 14.8. The van der Waals surface area contributed by atoms with E-state index in [2.05, 4.69) is 5.32 Å². The summed E-state index contributed by atoms with van der Waals surface area (Å²) in [5, 5.41) is 17.3. The Balaban J connectivity index is 2.10. The molecule has 1 fully saturated rings. The quantitative estimate of drug-likeness (QED) is 0.758. The molecular formula is C13H18N2O4S. The van der Waals surface area contributed by atoms with Crippen molar-refractivity contribution in [1.29, 1.82) is 0 Å². The van der Waals surface area contributed by atoms with Crippen molar-refractivity contribution < 1.29 is 18.3 Å². The second kappa shape index (κ2) is 5.80. The van der Waals surface area contributed by atoms with Gasteiger partial charge in [0.2, 0.25) is 10.0 Å². The summed E-state index contributed by atoms with van der Waals surface area (Å²) in [6.07, 6.45) is 2.40. The number of rotatable bonds is 5. The van der Waals surface area contributed by atoms with Crippen LogP contribution in [0.15, 0.2) is 29.2 Å². The topological polar surface area (TPSA) is 109 Å². The summed E-state index contributed by atoms with van der Waals surface area (Å²) in [5.41, 5.74) is 0.422. The number of carboxylic acids is 1.